The molecule has 0 bridgehead atoms. The number of imidazole rings is 1. The van der Waals surface area contributed by atoms with Gasteiger partial charge < -0.3 is 10.3 Å². The van der Waals surface area contributed by atoms with E-state index in [2.05, 4.69) is 33.3 Å². The van der Waals surface area contributed by atoms with E-state index in [-0.39, 0.29) is 6.04 Å². The molecule has 2 rings (SSSR count). The van der Waals surface area contributed by atoms with Crippen LogP contribution >= 0.6 is 0 Å². The second-order valence-electron chi connectivity index (χ2n) is 3.86. The lowest BCUT2D eigenvalue weighted by Gasteiger charge is -2.12. The molecule has 0 spiro atoms. The molecule has 0 saturated carbocycles. The number of rotatable bonds is 4. The highest BCUT2D eigenvalue weighted by Crippen LogP contribution is 2.11. The molecule has 0 fully saturated rings. The first kappa shape index (κ1) is 10.8. The van der Waals surface area contributed by atoms with Crippen LogP contribution in [0.2, 0.25) is 0 Å². The van der Waals surface area contributed by atoms with Gasteiger partial charge >= 0.3 is 0 Å². The zero-order chi connectivity index (χ0) is 11.4. The minimum absolute atomic E-state index is 0.282. The molecule has 0 aromatic carbocycles. The molecular formula is C12H16N4. The van der Waals surface area contributed by atoms with Crippen LogP contribution in [0.4, 0.5) is 0 Å². The first-order valence-electron chi connectivity index (χ1n) is 5.39. The highest BCUT2D eigenvalue weighted by Gasteiger charge is 2.06. The molecule has 0 amide bonds. The minimum atomic E-state index is 0.282. The van der Waals surface area contributed by atoms with Gasteiger partial charge in [0.15, 0.2) is 0 Å². The van der Waals surface area contributed by atoms with Crippen molar-refractivity contribution in [3.8, 4) is 0 Å². The summed E-state index contributed by atoms with van der Waals surface area (Å²) in [5.74, 6) is 0. The van der Waals surface area contributed by atoms with E-state index in [1.165, 1.54) is 5.56 Å². The molecule has 0 aliphatic carbocycles. The molecule has 0 aliphatic rings. The molecule has 2 heterocycles. The Hall–Kier alpha value is -1.68. The fourth-order valence-corrected chi connectivity index (χ4v) is 1.57. The predicted octanol–water partition coefficient (Wildman–Crippen LogP) is 1.96. The number of pyridine rings is 1. The van der Waals surface area contributed by atoms with Gasteiger partial charge in [0.05, 0.1) is 12.0 Å². The molecule has 4 nitrogen and oxygen atoms in total. The minimum Gasteiger partial charge on any atom is -0.348 e. The lowest BCUT2D eigenvalue weighted by Crippen LogP contribution is -2.18. The van der Waals surface area contributed by atoms with Gasteiger partial charge in [-0.15, -0.1) is 0 Å². The topological polar surface area (TPSA) is 53.6 Å². The molecule has 0 unspecified atom stereocenters. The van der Waals surface area contributed by atoms with Crippen LogP contribution in [0.1, 0.15) is 29.9 Å². The highest BCUT2D eigenvalue weighted by molar-refractivity contribution is 5.14. The molecule has 0 saturated heterocycles. The monoisotopic (exact) mass is 216 g/mol. The molecule has 0 radical (unpaired) electrons. The number of H-pyrrole nitrogens is 1. The third-order valence-electron chi connectivity index (χ3n) is 2.69. The molecule has 16 heavy (non-hydrogen) atoms. The van der Waals surface area contributed by atoms with E-state index in [1.807, 2.05) is 19.2 Å². The molecule has 0 aliphatic heterocycles. The van der Waals surface area contributed by atoms with Crippen molar-refractivity contribution >= 4 is 0 Å². The number of hydrogen-bond acceptors (Lipinski definition) is 3. The Kier molecular flexibility index (Phi) is 3.31. The Morgan fingerprint density at radius 3 is 3.00 bits per heavy atom. The van der Waals surface area contributed by atoms with Crippen LogP contribution < -0.4 is 5.32 Å². The number of nitrogens with one attached hydrogen (secondary N) is 2. The van der Waals surface area contributed by atoms with Gasteiger partial charge in [0, 0.05) is 30.7 Å². The van der Waals surface area contributed by atoms with Crippen molar-refractivity contribution in [1.29, 1.82) is 0 Å². The molecular weight excluding hydrogens is 200 g/mol. The van der Waals surface area contributed by atoms with E-state index in [4.69, 9.17) is 0 Å². The zero-order valence-corrected chi connectivity index (χ0v) is 9.57. The summed E-state index contributed by atoms with van der Waals surface area (Å²) in [4.78, 5) is 11.4. The van der Waals surface area contributed by atoms with Crippen molar-refractivity contribution in [1.82, 2.24) is 20.3 Å². The smallest absolute Gasteiger partial charge is 0.0925 e. The van der Waals surface area contributed by atoms with Crippen LogP contribution in [0.3, 0.4) is 0 Å². The van der Waals surface area contributed by atoms with E-state index in [0.29, 0.717) is 0 Å². The van der Waals surface area contributed by atoms with Gasteiger partial charge in [0.1, 0.15) is 0 Å². The first-order valence-corrected chi connectivity index (χ1v) is 5.39. The summed E-state index contributed by atoms with van der Waals surface area (Å²) < 4.78 is 0. The van der Waals surface area contributed by atoms with Crippen molar-refractivity contribution in [2.24, 2.45) is 0 Å². The van der Waals surface area contributed by atoms with E-state index < -0.39 is 0 Å². The molecule has 2 N–H and O–H groups in total. The number of nitrogens with zero attached hydrogens (tertiary/aromatic N) is 2. The summed E-state index contributed by atoms with van der Waals surface area (Å²) in [6.45, 7) is 4.92. The van der Waals surface area contributed by atoms with Crippen molar-refractivity contribution in [3.05, 3.63) is 47.8 Å². The number of aromatic amines is 1. The predicted molar refractivity (Wildman–Crippen MR) is 62.8 cm³/mol. The van der Waals surface area contributed by atoms with Crippen molar-refractivity contribution < 1.29 is 0 Å². The SMILES string of the molecule is Cc1[nH]cnc1CN[C@@H](C)c1cccnc1. The quantitative estimate of drug-likeness (QED) is 0.821. The fraction of sp³-hybridized carbons (Fsp3) is 0.333. The third kappa shape index (κ3) is 2.46. The van der Waals surface area contributed by atoms with Crippen LogP contribution in [-0.2, 0) is 6.54 Å². The van der Waals surface area contributed by atoms with E-state index in [9.17, 15) is 0 Å². The maximum absolute atomic E-state index is 4.25. The number of hydrogen-bond donors (Lipinski definition) is 2. The van der Waals surface area contributed by atoms with Crippen LogP contribution in [-0.4, -0.2) is 15.0 Å². The lowest BCUT2D eigenvalue weighted by atomic mass is 10.1. The van der Waals surface area contributed by atoms with Gasteiger partial charge in [0.2, 0.25) is 0 Å². The van der Waals surface area contributed by atoms with Gasteiger partial charge in [-0.2, -0.15) is 0 Å². The van der Waals surface area contributed by atoms with E-state index in [0.717, 1.165) is 17.9 Å². The maximum atomic E-state index is 4.25. The molecule has 84 valence electrons. The van der Waals surface area contributed by atoms with Crippen molar-refractivity contribution in [2.45, 2.75) is 26.4 Å². The van der Waals surface area contributed by atoms with Gasteiger partial charge in [-0.25, -0.2) is 4.98 Å². The number of aryl methyl sites for hydroxylation is 1. The standard InChI is InChI=1S/C12H16N4/c1-9(11-4-3-5-13-6-11)14-7-12-10(2)15-8-16-12/h3-6,8-9,14H,7H2,1-2H3,(H,15,16)/t9-/m0/s1. The van der Waals surface area contributed by atoms with Crippen molar-refractivity contribution in [2.75, 3.05) is 0 Å². The van der Waals surface area contributed by atoms with Crippen LogP contribution in [0.5, 0.6) is 0 Å². The second-order valence-corrected chi connectivity index (χ2v) is 3.86. The van der Waals surface area contributed by atoms with Crippen LogP contribution in [0.15, 0.2) is 30.9 Å². The maximum Gasteiger partial charge on any atom is 0.0925 e. The van der Waals surface area contributed by atoms with Gasteiger partial charge in [-0.3, -0.25) is 4.98 Å². The van der Waals surface area contributed by atoms with Crippen molar-refractivity contribution in [3.63, 3.8) is 0 Å². The molecule has 2 aromatic rings. The lowest BCUT2D eigenvalue weighted by molar-refractivity contribution is 0.566. The van der Waals surface area contributed by atoms with Crippen LogP contribution in [0.25, 0.3) is 0 Å². The van der Waals surface area contributed by atoms with Gasteiger partial charge in [-0.05, 0) is 25.5 Å². The summed E-state index contributed by atoms with van der Waals surface area (Å²) >= 11 is 0. The Labute approximate surface area is 95.1 Å². The summed E-state index contributed by atoms with van der Waals surface area (Å²) in [6.07, 6.45) is 5.39. The normalized spacial score (nSPS) is 12.6. The molecule has 1 atom stereocenters. The summed E-state index contributed by atoms with van der Waals surface area (Å²) in [7, 11) is 0. The summed E-state index contributed by atoms with van der Waals surface area (Å²) in [5, 5.41) is 3.42. The van der Waals surface area contributed by atoms with Gasteiger partial charge in [0.25, 0.3) is 0 Å². The largest absolute Gasteiger partial charge is 0.348 e. The summed E-state index contributed by atoms with van der Waals surface area (Å²) in [6, 6.07) is 4.31. The molecule has 4 heteroatoms. The first-order chi connectivity index (χ1) is 7.77. The van der Waals surface area contributed by atoms with Gasteiger partial charge in [-0.1, -0.05) is 6.07 Å². The second kappa shape index (κ2) is 4.90. The number of aromatic nitrogens is 3. The Bertz CT molecular complexity index is 435. The van der Waals surface area contributed by atoms with E-state index >= 15 is 0 Å². The Morgan fingerprint density at radius 1 is 1.50 bits per heavy atom. The zero-order valence-electron chi connectivity index (χ0n) is 9.57. The summed E-state index contributed by atoms with van der Waals surface area (Å²) in [5.41, 5.74) is 3.37. The average Bonchev–Trinajstić information content (AvgIpc) is 2.73. The van der Waals surface area contributed by atoms with E-state index in [1.54, 1.807) is 12.5 Å². The Morgan fingerprint density at radius 2 is 2.38 bits per heavy atom. The third-order valence-corrected chi connectivity index (χ3v) is 2.69. The van der Waals surface area contributed by atoms with Crippen LogP contribution in [0, 0.1) is 6.92 Å². The molecule has 2 aromatic heterocycles. The average molecular weight is 216 g/mol. The Balaban J connectivity index is 1.94. The highest BCUT2D eigenvalue weighted by atomic mass is 15.0. The fourth-order valence-electron chi connectivity index (χ4n) is 1.57.